The minimum Gasteiger partial charge on any atom is -0.366 e. The van der Waals surface area contributed by atoms with Gasteiger partial charge in [0.05, 0.1) is 21.2 Å². The van der Waals surface area contributed by atoms with Gasteiger partial charge in [-0.3, -0.25) is 25.0 Å². The van der Waals surface area contributed by atoms with Crippen molar-refractivity contribution in [3.05, 3.63) is 80.0 Å². The maximum atomic E-state index is 12.9. The number of nitrogens with zero attached hydrogens (tertiary/aromatic N) is 5. The molecule has 0 atom stereocenters. The van der Waals surface area contributed by atoms with Gasteiger partial charge in [-0.15, -0.1) is 0 Å². The topological polar surface area (TPSA) is 136 Å². The first kappa shape index (κ1) is 21.0. The third-order valence-electron chi connectivity index (χ3n) is 5.26. The van der Waals surface area contributed by atoms with Crippen LogP contribution < -0.4 is 10.2 Å². The monoisotopic (exact) mass is 436 g/mol. The third kappa shape index (κ3) is 4.13. The Hall–Kier alpha value is -4.28. The van der Waals surface area contributed by atoms with E-state index < -0.39 is 15.8 Å². The molecule has 0 unspecified atom stereocenters. The lowest BCUT2D eigenvalue weighted by Gasteiger charge is -2.17. The zero-order valence-electron chi connectivity index (χ0n) is 17.2. The second-order valence-electron chi connectivity index (χ2n) is 7.47. The Morgan fingerprint density at radius 1 is 1.00 bits per heavy atom. The summed E-state index contributed by atoms with van der Waals surface area (Å²) in [4.78, 5) is 36.3. The van der Waals surface area contributed by atoms with Crippen LogP contribution >= 0.6 is 0 Å². The van der Waals surface area contributed by atoms with E-state index in [1.807, 2.05) is 4.90 Å². The second-order valence-corrected chi connectivity index (χ2v) is 7.47. The van der Waals surface area contributed by atoms with E-state index in [1.165, 1.54) is 35.0 Å². The van der Waals surface area contributed by atoms with Gasteiger partial charge in [0.1, 0.15) is 11.5 Å². The van der Waals surface area contributed by atoms with Gasteiger partial charge in [-0.1, -0.05) is 0 Å². The van der Waals surface area contributed by atoms with Crippen LogP contribution in [0.5, 0.6) is 0 Å². The molecule has 4 rings (SSSR count). The fourth-order valence-electron chi connectivity index (χ4n) is 3.73. The third-order valence-corrected chi connectivity index (χ3v) is 5.26. The summed E-state index contributed by atoms with van der Waals surface area (Å²) in [5.41, 5.74) is 1.63. The maximum absolute atomic E-state index is 12.9. The largest absolute Gasteiger partial charge is 0.366 e. The quantitative estimate of drug-likeness (QED) is 0.458. The highest BCUT2D eigenvalue weighted by atomic mass is 16.6. The molecule has 1 aromatic heterocycles. The van der Waals surface area contributed by atoms with Gasteiger partial charge in [0.15, 0.2) is 0 Å². The van der Waals surface area contributed by atoms with Crippen molar-refractivity contribution in [2.24, 2.45) is 0 Å². The first-order valence-electron chi connectivity index (χ1n) is 10.00. The highest BCUT2D eigenvalue weighted by molar-refractivity contribution is 6.04. The summed E-state index contributed by atoms with van der Waals surface area (Å²) in [6, 6.07) is 11.8. The SMILES string of the molecule is Cc1cc(NC(=O)c2ccc(N3CCCC3)c([N+](=O)[O-])c2)n(-c2ccc([N+](=O)[O-])cc2)n1. The molecule has 11 heteroatoms. The Kier molecular flexibility index (Phi) is 5.54. The Bertz CT molecular complexity index is 1200. The molecule has 32 heavy (non-hydrogen) atoms. The number of carbonyl (C=O) groups excluding carboxylic acids is 1. The predicted molar refractivity (Wildman–Crippen MR) is 117 cm³/mol. The molecule has 2 heterocycles. The van der Waals surface area contributed by atoms with Crippen molar-refractivity contribution < 1.29 is 14.6 Å². The number of aryl methyl sites for hydroxylation is 1. The normalized spacial score (nSPS) is 13.2. The number of aromatic nitrogens is 2. The summed E-state index contributed by atoms with van der Waals surface area (Å²) < 4.78 is 1.45. The molecule has 164 valence electrons. The number of amides is 1. The Labute approximate surface area is 182 Å². The Morgan fingerprint density at radius 3 is 2.31 bits per heavy atom. The maximum Gasteiger partial charge on any atom is 0.293 e. The Balaban J connectivity index is 1.61. The zero-order valence-corrected chi connectivity index (χ0v) is 17.2. The molecule has 3 aromatic rings. The molecule has 1 aliphatic rings. The number of nitro groups is 2. The Morgan fingerprint density at radius 2 is 1.69 bits per heavy atom. The van der Waals surface area contributed by atoms with E-state index in [1.54, 1.807) is 25.1 Å². The molecule has 1 amide bonds. The molecule has 0 aliphatic carbocycles. The molecular formula is C21H20N6O5. The predicted octanol–water partition coefficient (Wildman–Crippen LogP) is 3.85. The summed E-state index contributed by atoms with van der Waals surface area (Å²) in [7, 11) is 0. The molecule has 0 saturated carbocycles. The molecule has 1 N–H and O–H groups in total. The lowest BCUT2D eigenvalue weighted by Crippen LogP contribution is -2.20. The number of anilines is 2. The molecule has 11 nitrogen and oxygen atoms in total. The number of nitrogens with one attached hydrogen (secondary N) is 1. The van der Waals surface area contributed by atoms with Crippen LogP contribution in [0.25, 0.3) is 5.69 Å². The van der Waals surface area contributed by atoms with Crippen molar-refractivity contribution in [1.82, 2.24) is 9.78 Å². The van der Waals surface area contributed by atoms with E-state index in [2.05, 4.69) is 10.4 Å². The lowest BCUT2D eigenvalue weighted by atomic mass is 10.1. The molecule has 1 fully saturated rings. The van der Waals surface area contributed by atoms with Crippen LogP contribution in [0.4, 0.5) is 22.9 Å². The molecule has 0 radical (unpaired) electrons. The van der Waals surface area contributed by atoms with Crippen molar-refractivity contribution in [2.45, 2.75) is 19.8 Å². The summed E-state index contributed by atoms with van der Waals surface area (Å²) in [5, 5.41) is 29.6. The highest BCUT2D eigenvalue weighted by Crippen LogP contribution is 2.32. The molecular weight excluding hydrogens is 416 g/mol. The van der Waals surface area contributed by atoms with Gasteiger partial charge in [0.25, 0.3) is 17.3 Å². The smallest absolute Gasteiger partial charge is 0.293 e. The number of hydrogen-bond acceptors (Lipinski definition) is 7. The van der Waals surface area contributed by atoms with Crippen molar-refractivity contribution >= 4 is 28.8 Å². The van der Waals surface area contributed by atoms with Crippen LogP contribution in [0.2, 0.25) is 0 Å². The highest BCUT2D eigenvalue weighted by Gasteiger charge is 2.24. The van der Waals surface area contributed by atoms with Crippen molar-refractivity contribution in [3.8, 4) is 5.69 Å². The first-order chi connectivity index (χ1) is 15.3. The molecule has 1 saturated heterocycles. The molecule has 0 bridgehead atoms. The molecule has 2 aromatic carbocycles. The van der Waals surface area contributed by atoms with E-state index in [9.17, 15) is 25.0 Å². The number of nitro benzene ring substituents is 2. The number of non-ortho nitro benzene ring substituents is 1. The average molecular weight is 436 g/mol. The first-order valence-corrected chi connectivity index (χ1v) is 10.00. The summed E-state index contributed by atoms with van der Waals surface area (Å²) >= 11 is 0. The van der Waals surface area contributed by atoms with Crippen LogP contribution in [0.1, 0.15) is 28.9 Å². The summed E-state index contributed by atoms with van der Waals surface area (Å²) in [6.45, 7) is 3.24. The van der Waals surface area contributed by atoms with E-state index >= 15 is 0 Å². The van der Waals surface area contributed by atoms with Gasteiger partial charge in [-0.2, -0.15) is 5.10 Å². The zero-order chi connectivity index (χ0) is 22.8. The minimum atomic E-state index is -0.524. The van der Waals surface area contributed by atoms with E-state index in [0.717, 1.165) is 25.9 Å². The minimum absolute atomic E-state index is 0.0615. The van der Waals surface area contributed by atoms with E-state index in [4.69, 9.17) is 0 Å². The number of hydrogen-bond donors (Lipinski definition) is 1. The van der Waals surface area contributed by atoms with E-state index in [0.29, 0.717) is 22.9 Å². The average Bonchev–Trinajstić information content (AvgIpc) is 3.43. The van der Waals surface area contributed by atoms with Crippen molar-refractivity contribution in [1.29, 1.82) is 0 Å². The van der Waals surface area contributed by atoms with Gasteiger partial charge in [0.2, 0.25) is 0 Å². The van der Waals surface area contributed by atoms with Crippen LogP contribution in [-0.4, -0.2) is 38.6 Å². The van der Waals surface area contributed by atoms with Crippen LogP contribution in [0.3, 0.4) is 0 Å². The standard InChI is InChI=1S/C21H20N6O5/c1-14-12-20(25(23-14)16-5-7-17(8-6-16)26(29)30)22-21(28)15-4-9-18(19(13-15)27(31)32)24-10-2-3-11-24/h4-9,12-13H,2-3,10-11H2,1H3,(H,22,28). The number of rotatable bonds is 6. The lowest BCUT2D eigenvalue weighted by molar-refractivity contribution is -0.384. The van der Waals surface area contributed by atoms with Gasteiger partial charge < -0.3 is 10.2 Å². The van der Waals surface area contributed by atoms with Gasteiger partial charge in [-0.05, 0) is 44.0 Å². The van der Waals surface area contributed by atoms with Crippen LogP contribution in [0, 0.1) is 27.2 Å². The summed E-state index contributed by atoms with van der Waals surface area (Å²) in [6.07, 6.45) is 1.96. The van der Waals surface area contributed by atoms with E-state index in [-0.39, 0.29) is 16.9 Å². The van der Waals surface area contributed by atoms with Crippen molar-refractivity contribution in [2.75, 3.05) is 23.3 Å². The fourth-order valence-corrected chi connectivity index (χ4v) is 3.73. The van der Waals surface area contributed by atoms with Gasteiger partial charge in [0, 0.05) is 42.9 Å². The number of carbonyl (C=O) groups is 1. The van der Waals surface area contributed by atoms with Crippen molar-refractivity contribution in [3.63, 3.8) is 0 Å². The number of benzene rings is 2. The molecule has 0 spiro atoms. The van der Waals surface area contributed by atoms with Crippen LogP contribution in [-0.2, 0) is 0 Å². The van der Waals surface area contributed by atoms with Gasteiger partial charge in [-0.25, -0.2) is 4.68 Å². The van der Waals surface area contributed by atoms with Gasteiger partial charge >= 0.3 is 0 Å². The molecule has 1 aliphatic heterocycles. The summed E-state index contributed by atoms with van der Waals surface area (Å²) in [5.74, 6) is -0.184. The van der Waals surface area contributed by atoms with Crippen LogP contribution in [0.15, 0.2) is 48.5 Å². The second kappa shape index (κ2) is 8.46. The fraction of sp³-hybridized carbons (Fsp3) is 0.238.